The topological polar surface area (TPSA) is 97.4 Å². The number of nitrogens with one attached hydrogen (secondary N) is 2. The highest BCUT2D eigenvalue weighted by atomic mass is 16.5. The van der Waals surface area contributed by atoms with E-state index in [0.29, 0.717) is 17.1 Å². The zero-order valence-corrected chi connectivity index (χ0v) is 12.2. The van der Waals surface area contributed by atoms with Crippen molar-refractivity contribution in [3.05, 3.63) is 65.9 Å². The molecular weight excluding hydrogens is 298 g/mol. The number of furan rings is 1. The second kappa shape index (κ2) is 6.18. The van der Waals surface area contributed by atoms with Crippen molar-refractivity contribution in [2.24, 2.45) is 0 Å². The van der Waals surface area contributed by atoms with Crippen molar-refractivity contribution in [2.45, 2.75) is 6.92 Å². The van der Waals surface area contributed by atoms with Crippen LogP contribution in [0.15, 0.2) is 57.7 Å². The molecule has 1 aromatic carbocycles. The third-order valence-electron chi connectivity index (χ3n) is 2.98. The molecule has 0 atom stereocenters. The van der Waals surface area contributed by atoms with Crippen molar-refractivity contribution in [2.75, 3.05) is 10.6 Å². The van der Waals surface area contributed by atoms with Crippen LogP contribution in [0.4, 0.5) is 11.4 Å². The van der Waals surface area contributed by atoms with Crippen molar-refractivity contribution in [1.82, 2.24) is 5.16 Å². The maximum Gasteiger partial charge on any atom is 0.291 e. The quantitative estimate of drug-likeness (QED) is 0.771. The first-order valence-corrected chi connectivity index (χ1v) is 6.81. The van der Waals surface area contributed by atoms with Crippen LogP contribution in [0.5, 0.6) is 0 Å². The second-order valence-electron chi connectivity index (χ2n) is 4.79. The molecule has 2 N–H and O–H groups in total. The summed E-state index contributed by atoms with van der Waals surface area (Å²) >= 11 is 0. The maximum absolute atomic E-state index is 12.0. The Morgan fingerprint density at radius 2 is 1.74 bits per heavy atom. The van der Waals surface area contributed by atoms with E-state index < -0.39 is 5.91 Å². The fourth-order valence-corrected chi connectivity index (χ4v) is 1.94. The van der Waals surface area contributed by atoms with Gasteiger partial charge in [0.2, 0.25) is 0 Å². The number of aromatic nitrogens is 1. The van der Waals surface area contributed by atoms with Gasteiger partial charge < -0.3 is 19.6 Å². The third-order valence-corrected chi connectivity index (χ3v) is 2.98. The lowest BCUT2D eigenvalue weighted by Gasteiger charge is -2.07. The number of hydrogen-bond donors (Lipinski definition) is 2. The van der Waals surface area contributed by atoms with E-state index in [2.05, 4.69) is 15.8 Å². The standard InChI is InChI=1S/C16H13N3O4/c1-10-8-13(19-23-10)15(20)17-11-4-2-5-12(9-11)18-16(21)14-6-3-7-22-14/h2-9H,1H3,(H,17,20)(H,18,21). The Hall–Kier alpha value is -3.35. The summed E-state index contributed by atoms with van der Waals surface area (Å²) in [6, 6.07) is 11.5. The number of anilines is 2. The summed E-state index contributed by atoms with van der Waals surface area (Å²) in [5.41, 5.74) is 1.24. The minimum atomic E-state index is -0.392. The minimum Gasteiger partial charge on any atom is -0.459 e. The Morgan fingerprint density at radius 3 is 2.35 bits per heavy atom. The molecule has 0 aliphatic heterocycles. The van der Waals surface area contributed by atoms with Crippen LogP contribution in [0.2, 0.25) is 0 Å². The van der Waals surface area contributed by atoms with Gasteiger partial charge in [-0.05, 0) is 37.3 Å². The third kappa shape index (κ3) is 3.46. The van der Waals surface area contributed by atoms with Crippen molar-refractivity contribution < 1.29 is 18.5 Å². The molecule has 7 heteroatoms. The van der Waals surface area contributed by atoms with Gasteiger partial charge in [0.15, 0.2) is 11.5 Å². The van der Waals surface area contributed by atoms with E-state index in [4.69, 9.17) is 8.94 Å². The van der Waals surface area contributed by atoms with Gasteiger partial charge in [-0.2, -0.15) is 0 Å². The van der Waals surface area contributed by atoms with Crippen LogP contribution in [-0.4, -0.2) is 17.0 Å². The average Bonchev–Trinajstić information content (AvgIpc) is 3.18. The molecule has 0 spiro atoms. The first-order chi connectivity index (χ1) is 11.1. The van der Waals surface area contributed by atoms with Crippen LogP contribution in [-0.2, 0) is 0 Å². The second-order valence-corrected chi connectivity index (χ2v) is 4.79. The molecule has 0 saturated carbocycles. The van der Waals surface area contributed by atoms with E-state index in [-0.39, 0.29) is 17.4 Å². The van der Waals surface area contributed by atoms with E-state index in [9.17, 15) is 9.59 Å². The number of carbonyl (C=O) groups is 2. The first-order valence-electron chi connectivity index (χ1n) is 6.81. The van der Waals surface area contributed by atoms with E-state index in [1.807, 2.05) is 0 Å². The number of nitrogens with zero attached hydrogens (tertiary/aromatic N) is 1. The number of aryl methyl sites for hydroxylation is 1. The first kappa shape index (κ1) is 14.6. The summed E-state index contributed by atoms with van der Waals surface area (Å²) in [6.07, 6.45) is 1.42. The summed E-state index contributed by atoms with van der Waals surface area (Å²) in [4.78, 5) is 23.9. The molecule has 0 aliphatic rings. The summed E-state index contributed by atoms with van der Waals surface area (Å²) in [5.74, 6) is -0.00548. The highest BCUT2D eigenvalue weighted by molar-refractivity contribution is 6.04. The zero-order chi connectivity index (χ0) is 16.2. The van der Waals surface area contributed by atoms with Crippen LogP contribution < -0.4 is 10.6 Å². The molecular formula is C16H13N3O4. The van der Waals surface area contributed by atoms with Crippen molar-refractivity contribution in [3.8, 4) is 0 Å². The van der Waals surface area contributed by atoms with Gasteiger partial charge in [0.05, 0.1) is 6.26 Å². The highest BCUT2D eigenvalue weighted by Gasteiger charge is 2.12. The van der Waals surface area contributed by atoms with Crippen molar-refractivity contribution in [1.29, 1.82) is 0 Å². The van der Waals surface area contributed by atoms with Gasteiger partial charge in [-0.15, -0.1) is 0 Å². The highest BCUT2D eigenvalue weighted by Crippen LogP contribution is 2.17. The summed E-state index contributed by atoms with van der Waals surface area (Å²) in [7, 11) is 0. The lowest BCUT2D eigenvalue weighted by molar-refractivity contribution is 0.0994. The van der Waals surface area contributed by atoms with Gasteiger partial charge in [-0.3, -0.25) is 9.59 Å². The molecule has 0 bridgehead atoms. The molecule has 2 amide bonds. The number of benzene rings is 1. The van der Waals surface area contributed by atoms with Crippen molar-refractivity contribution >= 4 is 23.2 Å². The maximum atomic E-state index is 12.0. The molecule has 2 heterocycles. The summed E-state index contributed by atoms with van der Waals surface area (Å²) < 4.78 is 9.88. The SMILES string of the molecule is Cc1cc(C(=O)Nc2cccc(NC(=O)c3ccco3)c2)no1. The van der Waals surface area contributed by atoms with E-state index in [0.717, 1.165) is 0 Å². The van der Waals surface area contributed by atoms with Gasteiger partial charge in [0.1, 0.15) is 5.76 Å². The van der Waals surface area contributed by atoms with Gasteiger partial charge in [0, 0.05) is 17.4 Å². The predicted molar refractivity (Wildman–Crippen MR) is 82.3 cm³/mol. The summed E-state index contributed by atoms with van der Waals surface area (Å²) in [5, 5.41) is 9.01. The van der Waals surface area contributed by atoms with Crippen LogP contribution in [0, 0.1) is 6.92 Å². The smallest absolute Gasteiger partial charge is 0.291 e. The molecule has 0 unspecified atom stereocenters. The van der Waals surface area contributed by atoms with E-state index in [1.165, 1.54) is 12.3 Å². The zero-order valence-electron chi connectivity index (χ0n) is 12.2. The minimum absolute atomic E-state index is 0.188. The van der Waals surface area contributed by atoms with Gasteiger partial charge in [-0.1, -0.05) is 11.2 Å². The van der Waals surface area contributed by atoms with E-state index in [1.54, 1.807) is 43.3 Å². The Kier molecular flexibility index (Phi) is 3.92. The van der Waals surface area contributed by atoms with Gasteiger partial charge in [0.25, 0.3) is 11.8 Å². The van der Waals surface area contributed by atoms with Gasteiger partial charge in [-0.25, -0.2) is 0 Å². The number of amides is 2. The fourth-order valence-electron chi connectivity index (χ4n) is 1.94. The van der Waals surface area contributed by atoms with Crippen LogP contribution in [0.3, 0.4) is 0 Å². The Morgan fingerprint density at radius 1 is 1.00 bits per heavy atom. The van der Waals surface area contributed by atoms with Crippen LogP contribution >= 0.6 is 0 Å². The molecule has 3 rings (SSSR count). The molecule has 116 valence electrons. The van der Waals surface area contributed by atoms with Gasteiger partial charge >= 0.3 is 0 Å². The van der Waals surface area contributed by atoms with Crippen molar-refractivity contribution in [3.63, 3.8) is 0 Å². The Labute approximate surface area is 131 Å². The predicted octanol–water partition coefficient (Wildman–Crippen LogP) is 3.08. The average molecular weight is 311 g/mol. The number of rotatable bonds is 4. The van der Waals surface area contributed by atoms with Crippen LogP contribution in [0.25, 0.3) is 0 Å². The molecule has 7 nitrogen and oxygen atoms in total. The largest absolute Gasteiger partial charge is 0.459 e. The lowest BCUT2D eigenvalue weighted by Crippen LogP contribution is -2.13. The Balaban J connectivity index is 1.70. The number of carbonyl (C=O) groups excluding carboxylic acids is 2. The van der Waals surface area contributed by atoms with E-state index >= 15 is 0 Å². The monoisotopic (exact) mass is 311 g/mol. The molecule has 0 radical (unpaired) electrons. The lowest BCUT2D eigenvalue weighted by atomic mass is 10.2. The summed E-state index contributed by atoms with van der Waals surface area (Å²) in [6.45, 7) is 1.70. The normalized spacial score (nSPS) is 10.3. The fraction of sp³-hybridized carbons (Fsp3) is 0.0625. The van der Waals surface area contributed by atoms with Crippen LogP contribution in [0.1, 0.15) is 26.8 Å². The molecule has 23 heavy (non-hydrogen) atoms. The molecule has 0 aliphatic carbocycles. The molecule has 3 aromatic rings. The molecule has 2 aromatic heterocycles. The Bertz CT molecular complexity index is 837. The molecule has 0 saturated heterocycles. The number of hydrogen-bond acceptors (Lipinski definition) is 5. The molecule has 0 fully saturated rings.